The summed E-state index contributed by atoms with van der Waals surface area (Å²) in [7, 11) is -3.02. The minimum atomic E-state index is -3.02. The largest absolute Gasteiger partial charge is 0.398 e. The predicted octanol–water partition coefficient (Wildman–Crippen LogP) is 1.99. The standard InChI is InChI=1S/C14H19BrN2O3S/c1-3-17(11-4-5-21(19,20)8-11)14(18)12-6-10(15)7-13(16)9(12)2/h6-7,11H,3-5,8,16H2,1-2H3. The van der Waals surface area contributed by atoms with Crippen molar-refractivity contribution in [2.24, 2.45) is 0 Å². The number of nitrogens with two attached hydrogens (primary N) is 1. The molecule has 0 aliphatic carbocycles. The fourth-order valence-corrected chi connectivity index (χ4v) is 4.87. The van der Waals surface area contributed by atoms with E-state index < -0.39 is 9.84 Å². The van der Waals surface area contributed by atoms with E-state index in [0.717, 1.165) is 10.0 Å². The molecule has 0 spiro atoms. The van der Waals surface area contributed by atoms with Gasteiger partial charge in [-0.15, -0.1) is 0 Å². The maximum absolute atomic E-state index is 12.8. The second-order valence-corrected chi connectivity index (χ2v) is 8.46. The molecule has 5 nitrogen and oxygen atoms in total. The number of carbonyl (C=O) groups excluding carboxylic acids is 1. The molecule has 116 valence electrons. The van der Waals surface area contributed by atoms with E-state index in [0.29, 0.717) is 24.2 Å². The van der Waals surface area contributed by atoms with Gasteiger partial charge < -0.3 is 10.6 Å². The zero-order valence-electron chi connectivity index (χ0n) is 12.1. The third kappa shape index (κ3) is 3.40. The van der Waals surface area contributed by atoms with Gasteiger partial charge in [0.05, 0.1) is 11.5 Å². The van der Waals surface area contributed by atoms with Gasteiger partial charge in [-0.3, -0.25) is 4.79 Å². The summed E-state index contributed by atoms with van der Waals surface area (Å²) in [5.41, 5.74) is 7.69. The summed E-state index contributed by atoms with van der Waals surface area (Å²) in [5.74, 6) is 0.0426. The summed E-state index contributed by atoms with van der Waals surface area (Å²) in [6.07, 6.45) is 0.504. The van der Waals surface area contributed by atoms with Gasteiger partial charge in [0.25, 0.3) is 5.91 Å². The number of nitrogens with zero attached hydrogens (tertiary/aromatic N) is 1. The third-order valence-corrected chi connectivity index (χ3v) is 6.10. The molecule has 2 rings (SSSR count). The monoisotopic (exact) mass is 374 g/mol. The van der Waals surface area contributed by atoms with Crippen LogP contribution in [0.2, 0.25) is 0 Å². The highest BCUT2D eigenvalue weighted by Gasteiger charge is 2.34. The second-order valence-electron chi connectivity index (χ2n) is 5.32. The van der Waals surface area contributed by atoms with Gasteiger partial charge in [-0.1, -0.05) is 15.9 Å². The van der Waals surface area contributed by atoms with Crippen LogP contribution in [0.25, 0.3) is 0 Å². The molecular weight excluding hydrogens is 356 g/mol. The van der Waals surface area contributed by atoms with Crippen molar-refractivity contribution in [3.05, 3.63) is 27.7 Å². The Morgan fingerprint density at radius 2 is 2.14 bits per heavy atom. The molecule has 1 fully saturated rings. The summed E-state index contributed by atoms with van der Waals surface area (Å²) in [4.78, 5) is 14.4. The van der Waals surface area contributed by atoms with E-state index in [9.17, 15) is 13.2 Å². The molecule has 7 heteroatoms. The van der Waals surface area contributed by atoms with Gasteiger partial charge in [-0.25, -0.2) is 8.42 Å². The van der Waals surface area contributed by atoms with Crippen LogP contribution in [-0.2, 0) is 9.84 Å². The molecule has 0 radical (unpaired) electrons. The van der Waals surface area contributed by atoms with Crippen molar-refractivity contribution in [2.45, 2.75) is 26.3 Å². The minimum absolute atomic E-state index is 0.0507. The van der Waals surface area contributed by atoms with Crippen LogP contribution < -0.4 is 5.73 Å². The number of hydrogen-bond donors (Lipinski definition) is 1. The first-order valence-corrected chi connectivity index (χ1v) is 9.43. The summed E-state index contributed by atoms with van der Waals surface area (Å²) < 4.78 is 24.0. The lowest BCUT2D eigenvalue weighted by molar-refractivity contribution is 0.0707. The van der Waals surface area contributed by atoms with Crippen LogP contribution >= 0.6 is 15.9 Å². The summed E-state index contributed by atoms with van der Waals surface area (Å²) in [5, 5.41) is 0. The molecule has 1 aliphatic heterocycles. The summed E-state index contributed by atoms with van der Waals surface area (Å²) >= 11 is 3.34. The number of amides is 1. The van der Waals surface area contributed by atoms with Gasteiger partial charge in [-0.2, -0.15) is 0 Å². The summed E-state index contributed by atoms with van der Waals surface area (Å²) in [6, 6.07) is 3.25. The van der Waals surface area contributed by atoms with Gasteiger partial charge in [0.15, 0.2) is 9.84 Å². The Balaban J connectivity index is 2.34. The van der Waals surface area contributed by atoms with Crippen LogP contribution in [0.5, 0.6) is 0 Å². The molecule has 0 bridgehead atoms. The van der Waals surface area contributed by atoms with Crippen molar-refractivity contribution in [1.29, 1.82) is 0 Å². The first-order valence-electron chi connectivity index (χ1n) is 6.82. The fourth-order valence-electron chi connectivity index (χ4n) is 2.67. The van der Waals surface area contributed by atoms with E-state index in [-0.39, 0.29) is 23.5 Å². The van der Waals surface area contributed by atoms with E-state index in [2.05, 4.69) is 15.9 Å². The van der Waals surface area contributed by atoms with Crippen molar-refractivity contribution >= 4 is 37.4 Å². The van der Waals surface area contributed by atoms with Gasteiger partial charge in [-0.05, 0) is 38.0 Å². The Kier molecular flexibility index (Phi) is 4.63. The Bertz CT molecular complexity index is 673. The zero-order valence-corrected chi connectivity index (χ0v) is 14.5. The molecule has 1 saturated heterocycles. The molecule has 1 aromatic rings. The van der Waals surface area contributed by atoms with Gasteiger partial charge in [0.1, 0.15) is 0 Å². The molecule has 2 N–H and O–H groups in total. The molecule has 1 atom stereocenters. The third-order valence-electron chi connectivity index (χ3n) is 3.89. The Morgan fingerprint density at radius 3 is 2.67 bits per heavy atom. The summed E-state index contributed by atoms with van der Waals surface area (Å²) in [6.45, 7) is 4.14. The smallest absolute Gasteiger partial charge is 0.254 e. The lowest BCUT2D eigenvalue weighted by Gasteiger charge is -2.27. The van der Waals surface area contributed by atoms with E-state index >= 15 is 0 Å². The maximum Gasteiger partial charge on any atom is 0.254 e. The second kappa shape index (κ2) is 5.96. The highest BCUT2D eigenvalue weighted by molar-refractivity contribution is 9.10. The van der Waals surface area contributed by atoms with Crippen molar-refractivity contribution in [1.82, 2.24) is 4.90 Å². The number of sulfone groups is 1. The van der Waals surface area contributed by atoms with Crippen molar-refractivity contribution in [2.75, 3.05) is 23.8 Å². The number of benzene rings is 1. The zero-order chi connectivity index (χ0) is 15.8. The molecule has 0 aromatic heterocycles. The molecule has 0 saturated carbocycles. The Morgan fingerprint density at radius 1 is 1.48 bits per heavy atom. The number of halogens is 1. The predicted molar refractivity (Wildman–Crippen MR) is 87.1 cm³/mol. The van der Waals surface area contributed by atoms with Crippen LogP contribution in [0.3, 0.4) is 0 Å². The van der Waals surface area contributed by atoms with Crippen molar-refractivity contribution < 1.29 is 13.2 Å². The first kappa shape index (κ1) is 16.3. The molecule has 1 aliphatic rings. The molecule has 1 unspecified atom stereocenters. The topological polar surface area (TPSA) is 80.5 Å². The highest BCUT2D eigenvalue weighted by atomic mass is 79.9. The Hall–Kier alpha value is -1.08. The molecule has 1 aromatic carbocycles. The quantitative estimate of drug-likeness (QED) is 0.820. The molecule has 21 heavy (non-hydrogen) atoms. The van der Waals surface area contributed by atoms with Crippen LogP contribution in [0.1, 0.15) is 29.3 Å². The highest BCUT2D eigenvalue weighted by Crippen LogP contribution is 2.26. The maximum atomic E-state index is 12.8. The molecule has 1 amide bonds. The van der Waals surface area contributed by atoms with Crippen LogP contribution in [0.4, 0.5) is 5.69 Å². The van der Waals surface area contributed by atoms with Gasteiger partial charge in [0, 0.05) is 28.3 Å². The lowest BCUT2D eigenvalue weighted by atomic mass is 10.0. The van der Waals surface area contributed by atoms with Crippen molar-refractivity contribution in [3.63, 3.8) is 0 Å². The van der Waals surface area contributed by atoms with E-state index in [1.165, 1.54) is 0 Å². The van der Waals surface area contributed by atoms with E-state index in [4.69, 9.17) is 5.73 Å². The SMILES string of the molecule is CCN(C(=O)c1cc(Br)cc(N)c1C)C1CCS(=O)(=O)C1. The minimum Gasteiger partial charge on any atom is -0.398 e. The average Bonchev–Trinajstić information content (AvgIpc) is 2.74. The van der Waals surface area contributed by atoms with Gasteiger partial charge in [0.2, 0.25) is 0 Å². The van der Waals surface area contributed by atoms with Crippen molar-refractivity contribution in [3.8, 4) is 0 Å². The fraction of sp³-hybridized carbons (Fsp3) is 0.500. The number of nitrogen functional groups attached to an aromatic ring is 1. The average molecular weight is 375 g/mol. The van der Waals surface area contributed by atoms with E-state index in [1.54, 1.807) is 24.0 Å². The Labute approximate surface area is 133 Å². The number of hydrogen-bond acceptors (Lipinski definition) is 4. The van der Waals surface area contributed by atoms with Crippen LogP contribution in [-0.4, -0.2) is 43.3 Å². The number of anilines is 1. The number of rotatable bonds is 3. The van der Waals surface area contributed by atoms with Crippen LogP contribution in [0.15, 0.2) is 16.6 Å². The van der Waals surface area contributed by atoms with Crippen LogP contribution in [0, 0.1) is 6.92 Å². The molecule has 1 heterocycles. The van der Waals surface area contributed by atoms with Gasteiger partial charge >= 0.3 is 0 Å². The van der Waals surface area contributed by atoms with E-state index in [1.807, 2.05) is 6.92 Å². The number of carbonyl (C=O) groups is 1. The molecular formula is C14H19BrN2O3S. The normalized spacial score (nSPS) is 20.4. The first-order chi connectivity index (χ1) is 9.75. The lowest BCUT2D eigenvalue weighted by Crippen LogP contribution is -2.41.